The molecule has 0 spiro atoms. The van der Waals surface area contributed by atoms with E-state index in [0.29, 0.717) is 0 Å². The maximum Gasteiger partial charge on any atom is 0.170 e. The Balaban J connectivity index is 1.54. The Morgan fingerprint density at radius 1 is 1.00 bits per heavy atom. The molecule has 0 saturated carbocycles. The maximum absolute atomic E-state index is 5.91. The minimum atomic E-state index is 0.00147. The molecule has 2 aliphatic rings. The average Bonchev–Trinajstić information content (AvgIpc) is 3.33. The topological polar surface area (TPSA) is 45.6 Å². The molecule has 7 heteroatoms. The first-order valence-corrected chi connectivity index (χ1v) is 12.9. The summed E-state index contributed by atoms with van der Waals surface area (Å²) in [6.07, 6.45) is 1.87. The minimum Gasteiger partial charge on any atom is -0.379 e. The molecular weight excluding hydrogens is 454 g/mol. The third kappa shape index (κ3) is 4.85. The maximum atomic E-state index is 5.91. The zero-order valence-electron chi connectivity index (χ0n) is 21.1. The summed E-state index contributed by atoms with van der Waals surface area (Å²) in [6.45, 7) is 14.1. The predicted octanol–water partition coefficient (Wildman–Crippen LogP) is 4.41. The molecule has 3 aromatic rings. The SMILES string of the molecule is Cc1cc(C)cc(-n2c(C)cc([C@@H]3[C@H](c4ccccn4)NC(=S)N3CCN3CCOCC3)c2C)c1. The second-order valence-corrected chi connectivity index (χ2v) is 10.2. The number of hydrogen-bond donors (Lipinski definition) is 1. The summed E-state index contributed by atoms with van der Waals surface area (Å²) in [5.74, 6) is 0. The Morgan fingerprint density at radius 3 is 2.43 bits per heavy atom. The Labute approximate surface area is 213 Å². The van der Waals surface area contributed by atoms with E-state index in [1.807, 2.05) is 12.3 Å². The molecule has 1 aromatic carbocycles. The highest BCUT2D eigenvalue weighted by Crippen LogP contribution is 2.41. The largest absolute Gasteiger partial charge is 0.379 e. The van der Waals surface area contributed by atoms with Crippen LogP contribution in [0.1, 0.15) is 45.9 Å². The number of thiocarbonyl (C=S) groups is 1. The van der Waals surface area contributed by atoms with Crippen LogP contribution < -0.4 is 5.32 Å². The van der Waals surface area contributed by atoms with E-state index in [4.69, 9.17) is 21.9 Å². The summed E-state index contributed by atoms with van der Waals surface area (Å²) in [5.41, 5.74) is 8.56. The zero-order valence-corrected chi connectivity index (χ0v) is 21.9. The van der Waals surface area contributed by atoms with E-state index in [9.17, 15) is 0 Å². The van der Waals surface area contributed by atoms with Crippen LogP contribution in [0, 0.1) is 27.7 Å². The van der Waals surface area contributed by atoms with E-state index in [0.717, 1.165) is 50.2 Å². The number of aromatic nitrogens is 2. The number of morpholine rings is 1. The van der Waals surface area contributed by atoms with Gasteiger partial charge < -0.3 is 19.5 Å². The Hall–Kier alpha value is -2.74. The minimum absolute atomic E-state index is 0.00147. The number of hydrogen-bond acceptors (Lipinski definition) is 4. The molecule has 0 aliphatic carbocycles. The highest BCUT2D eigenvalue weighted by molar-refractivity contribution is 7.80. The standard InChI is InChI=1S/C28H35N5OS/c1-19-15-20(2)17-23(16-19)33-21(3)18-24(22(33)4)27-26(25-7-5-6-8-29-25)30-28(35)32(27)10-9-31-11-13-34-14-12-31/h5-8,15-18,26-27H,9-14H2,1-4H3,(H,30,35)/t26-,27+/m0/s1. The van der Waals surface area contributed by atoms with Crippen molar-refractivity contribution in [1.29, 1.82) is 0 Å². The molecule has 2 saturated heterocycles. The third-order valence-electron chi connectivity index (χ3n) is 7.21. The molecule has 0 bridgehead atoms. The molecule has 2 aliphatic heterocycles. The lowest BCUT2D eigenvalue weighted by molar-refractivity contribution is 0.0350. The average molecular weight is 490 g/mol. The van der Waals surface area contributed by atoms with Gasteiger partial charge >= 0.3 is 0 Å². The monoisotopic (exact) mass is 489 g/mol. The van der Waals surface area contributed by atoms with E-state index in [-0.39, 0.29) is 12.1 Å². The van der Waals surface area contributed by atoms with Gasteiger partial charge in [-0.05, 0) is 86.9 Å². The quantitative estimate of drug-likeness (QED) is 0.518. The van der Waals surface area contributed by atoms with Crippen LogP contribution in [-0.4, -0.2) is 63.9 Å². The van der Waals surface area contributed by atoms with Crippen molar-refractivity contribution in [3.63, 3.8) is 0 Å². The van der Waals surface area contributed by atoms with Crippen molar-refractivity contribution in [2.75, 3.05) is 39.4 Å². The first kappa shape index (κ1) is 24.0. The van der Waals surface area contributed by atoms with Crippen molar-refractivity contribution in [2.24, 2.45) is 0 Å². The van der Waals surface area contributed by atoms with Gasteiger partial charge in [0.15, 0.2) is 5.11 Å². The number of aryl methyl sites for hydroxylation is 3. The fourth-order valence-corrected chi connectivity index (χ4v) is 5.95. The molecule has 5 rings (SSSR count). The normalized spacial score (nSPS) is 20.9. The van der Waals surface area contributed by atoms with Gasteiger partial charge in [0.1, 0.15) is 0 Å². The van der Waals surface area contributed by atoms with E-state index < -0.39 is 0 Å². The van der Waals surface area contributed by atoms with Crippen LogP contribution in [0.25, 0.3) is 5.69 Å². The predicted molar refractivity (Wildman–Crippen MR) is 144 cm³/mol. The Kier molecular flexibility index (Phi) is 6.91. The van der Waals surface area contributed by atoms with Crippen molar-refractivity contribution in [3.05, 3.63) is 82.4 Å². The van der Waals surface area contributed by atoms with Crippen LogP contribution in [0.4, 0.5) is 0 Å². The molecule has 2 fully saturated rings. The van der Waals surface area contributed by atoms with E-state index in [1.54, 1.807) is 0 Å². The smallest absolute Gasteiger partial charge is 0.170 e. The molecule has 0 amide bonds. The lowest BCUT2D eigenvalue weighted by atomic mass is 9.96. The van der Waals surface area contributed by atoms with Crippen LogP contribution in [0.5, 0.6) is 0 Å². The van der Waals surface area contributed by atoms with Gasteiger partial charge in [-0.3, -0.25) is 9.88 Å². The first-order chi connectivity index (χ1) is 16.9. The van der Waals surface area contributed by atoms with Crippen molar-refractivity contribution in [1.82, 2.24) is 24.7 Å². The summed E-state index contributed by atoms with van der Waals surface area (Å²) in [4.78, 5) is 9.55. The second-order valence-electron chi connectivity index (χ2n) is 9.78. The van der Waals surface area contributed by atoms with E-state index in [2.05, 4.69) is 83.8 Å². The van der Waals surface area contributed by atoms with E-state index >= 15 is 0 Å². The van der Waals surface area contributed by atoms with Gasteiger partial charge in [-0.2, -0.15) is 0 Å². The van der Waals surface area contributed by atoms with Crippen LogP contribution in [0.15, 0.2) is 48.7 Å². The van der Waals surface area contributed by atoms with Gasteiger partial charge in [0.05, 0.1) is 31.0 Å². The Morgan fingerprint density at radius 2 is 1.74 bits per heavy atom. The second kappa shape index (κ2) is 10.1. The number of pyridine rings is 1. The molecule has 184 valence electrons. The van der Waals surface area contributed by atoms with Gasteiger partial charge in [0.2, 0.25) is 0 Å². The fourth-order valence-electron chi connectivity index (χ4n) is 5.62. The van der Waals surface area contributed by atoms with Crippen LogP contribution in [0.3, 0.4) is 0 Å². The number of rotatable bonds is 6. The van der Waals surface area contributed by atoms with Gasteiger partial charge in [0.25, 0.3) is 0 Å². The van der Waals surface area contributed by atoms with Crippen molar-refractivity contribution >= 4 is 17.3 Å². The van der Waals surface area contributed by atoms with Gasteiger partial charge in [-0.25, -0.2) is 0 Å². The van der Waals surface area contributed by atoms with Crippen LogP contribution >= 0.6 is 12.2 Å². The summed E-state index contributed by atoms with van der Waals surface area (Å²) >= 11 is 5.91. The lowest BCUT2D eigenvalue weighted by Gasteiger charge is -2.32. The van der Waals surface area contributed by atoms with Crippen molar-refractivity contribution < 1.29 is 4.74 Å². The fraction of sp³-hybridized carbons (Fsp3) is 0.429. The summed E-state index contributed by atoms with van der Waals surface area (Å²) < 4.78 is 7.93. The molecule has 4 heterocycles. The molecule has 0 radical (unpaired) electrons. The molecule has 6 nitrogen and oxygen atoms in total. The van der Waals surface area contributed by atoms with Gasteiger partial charge in [-0.15, -0.1) is 0 Å². The number of ether oxygens (including phenoxy) is 1. The first-order valence-electron chi connectivity index (χ1n) is 12.5. The highest BCUT2D eigenvalue weighted by atomic mass is 32.1. The molecular formula is C28H35N5OS. The van der Waals surface area contributed by atoms with Gasteiger partial charge in [-0.1, -0.05) is 12.1 Å². The number of nitrogens with one attached hydrogen (secondary N) is 1. The third-order valence-corrected chi connectivity index (χ3v) is 7.56. The summed E-state index contributed by atoms with van der Waals surface area (Å²) in [7, 11) is 0. The number of nitrogens with zero attached hydrogens (tertiary/aromatic N) is 4. The molecule has 0 unspecified atom stereocenters. The van der Waals surface area contributed by atoms with Crippen molar-refractivity contribution in [3.8, 4) is 5.69 Å². The Bertz CT molecular complexity index is 1180. The number of benzene rings is 1. The summed E-state index contributed by atoms with van der Waals surface area (Å²) in [5, 5.41) is 4.41. The van der Waals surface area contributed by atoms with Crippen LogP contribution in [0.2, 0.25) is 0 Å². The van der Waals surface area contributed by atoms with Crippen molar-refractivity contribution in [2.45, 2.75) is 39.8 Å². The highest BCUT2D eigenvalue weighted by Gasteiger charge is 2.41. The molecule has 35 heavy (non-hydrogen) atoms. The molecule has 2 atom stereocenters. The zero-order chi connectivity index (χ0) is 24.5. The lowest BCUT2D eigenvalue weighted by Crippen LogP contribution is -2.42. The molecule has 2 aromatic heterocycles. The van der Waals surface area contributed by atoms with Gasteiger partial charge in [0, 0.05) is 49.5 Å². The van der Waals surface area contributed by atoms with Crippen LogP contribution in [-0.2, 0) is 4.74 Å². The summed E-state index contributed by atoms with van der Waals surface area (Å²) in [6, 6.07) is 15.3. The molecule has 1 N–H and O–H groups in total. The van der Waals surface area contributed by atoms with E-state index in [1.165, 1.54) is 33.8 Å².